The Bertz CT molecular complexity index is 394. The van der Waals surface area contributed by atoms with Gasteiger partial charge in [0.15, 0.2) is 5.76 Å². The van der Waals surface area contributed by atoms with Gasteiger partial charge in [-0.25, -0.2) is 0 Å². The number of amides is 1. The monoisotopic (exact) mass is 250 g/mol. The SMILES string of the molecule is CCCN(CC1CCCN1)C(=O)c1occc1C. The molecule has 1 amide bonds. The minimum atomic E-state index is 0.0213. The molecule has 0 aromatic carbocycles. The average molecular weight is 250 g/mol. The summed E-state index contributed by atoms with van der Waals surface area (Å²) in [7, 11) is 0. The molecule has 1 aromatic heterocycles. The van der Waals surface area contributed by atoms with Gasteiger partial charge in [0.1, 0.15) is 0 Å². The molecule has 1 unspecified atom stereocenters. The standard InChI is InChI=1S/C14H22N2O2/c1-3-8-16(10-12-5-4-7-15-12)14(17)13-11(2)6-9-18-13/h6,9,12,15H,3-5,7-8,10H2,1-2H3. The lowest BCUT2D eigenvalue weighted by Gasteiger charge is -2.24. The van der Waals surface area contributed by atoms with Crippen molar-refractivity contribution in [3.8, 4) is 0 Å². The molecule has 2 heterocycles. The number of carbonyl (C=O) groups is 1. The summed E-state index contributed by atoms with van der Waals surface area (Å²) in [6.07, 6.45) is 4.92. The van der Waals surface area contributed by atoms with Crippen LogP contribution in [0.25, 0.3) is 0 Å². The molecule has 0 aliphatic carbocycles. The molecule has 1 aromatic rings. The lowest BCUT2D eigenvalue weighted by Crippen LogP contribution is -2.41. The van der Waals surface area contributed by atoms with Crippen molar-refractivity contribution in [1.29, 1.82) is 0 Å². The van der Waals surface area contributed by atoms with Crippen molar-refractivity contribution in [3.63, 3.8) is 0 Å². The predicted molar refractivity (Wildman–Crippen MR) is 70.7 cm³/mol. The molecule has 1 aliphatic rings. The van der Waals surface area contributed by atoms with Gasteiger partial charge in [0.2, 0.25) is 0 Å². The molecule has 0 bridgehead atoms. The van der Waals surface area contributed by atoms with Crippen LogP contribution in [-0.4, -0.2) is 36.5 Å². The first-order valence-electron chi connectivity index (χ1n) is 6.79. The molecule has 2 rings (SSSR count). The molecule has 0 saturated carbocycles. The van der Waals surface area contributed by atoms with Crippen LogP contribution in [0.4, 0.5) is 0 Å². The molecule has 0 radical (unpaired) electrons. The van der Waals surface area contributed by atoms with Crippen molar-refractivity contribution in [2.75, 3.05) is 19.6 Å². The van der Waals surface area contributed by atoms with Gasteiger partial charge >= 0.3 is 0 Å². The first kappa shape index (κ1) is 13.1. The molecule has 0 spiro atoms. The quantitative estimate of drug-likeness (QED) is 0.871. The van der Waals surface area contributed by atoms with Crippen LogP contribution in [0.2, 0.25) is 0 Å². The first-order chi connectivity index (χ1) is 8.72. The molecular weight excluding hydrogens is 228 g/mol. The summed E-state index contributed by atoms with van der Waals surface area (Å²) in [4.78, 5) is 14.3. The maximum absolute atomic E-state index is 12.4. The Morgan fingerprint density at radius 3 is 3.00 bits per heavy atom. The molecule has 1 aliphatic heterocycles. The van der Waals surface area contributed by atoms with Gasteiger partial charge in [-0.2, -0.15) is 0 Å². The fourth-order valence-electron chi connectivity index (χ4n) is 2.46. The Morgan fingerprint density at radius 1 is 1.61 bits per heavy atom. The summed E-state index contributed by atoms with van der Waals surface area (Å²) in [6, 6.07) is 2.28. The van der Waals surface area contributed by atoms with Crippen LogP contribution in [0.3, 0.4) is 0 Å². The van der Waals surface area contributed by atoms with Gasteiger partial charge in [0.25, 0.3) is 5.91 Å². The number of hydrogen-bond donors (Lipinski definition) is 1. The number of rotatable bonds is 5. The lowest BCUT2D eigenvalue weighted by molar-refractivity contribution is 0.0709. The van der Waals surface area contributed by atoms with E-state index >= 15 is 0 Å². The Kier molecular flexibility index (Phi) is 4.42. The van der Waals surface area contributed by atoms with E-state index in [1.807, 2.05) is 17.9 Å². The van der Waals surface area contributed by atoms with E-state index < -0.39 is 0 Å². The molecule has 1 atom stereocenters. The van der Waals surface area contributed by atoms with E-state index in [1.54, 1.807) is 6.26 Å². The largest absolute Gasteiger partial charge is 0.459 e. The first-order valence-corrected chi connectivity index (χ1v) is 6.79. The van der Waals surface area contributed by atoms with Gasteiger partial charge < -0.3 is 14.6 Å². The van der Waals surface area contributed by atoms with Crippen LogP contribution in [0.5, 0.6) is 0 Å². The van der Waals surface area contributed by atoms with Crippen molar-refractivity contribution in [1.82, 2.24) is 10.2 Å². The predicted octanol–water partition coefficient (Wildman–Crippen LogP) is 2.19. The average Bonchev–Trinajstić information content (AvgIpc) is 2.99. The highest BCUT2D eigenvalue weighted by atomic mass is 16.3. The Labute approximate surface area is 108 Å². The Morgan fingerprint density at radius 2 is 2.44 bits per heavy atom. The summed E-state index contributed by atoms with van der Waals surface area (Å²) in [6.45, 7) is 6.65. The van der Waals surface area contributed by atoms with E-state index in [2.05, 4.69) is 12.2 Å². The second kappa shape index (κ2) is 6.05. The van der Waals surface area contributed by atoms with Gasteiger partial charge in [0, 0.05) is 24.7 Å². The zero-order chi connectivity index (χ0) is 13.0. The maximum Gasteiger partial charge on any atom is 0.289 e. The highest BCUT2D eigenvalue weighted by Gasteiger charge is 2.24. The van der Waals surface area contributed by atoms with E-state index in [0.717, 1.165) is 38.0 Å². The zero-order valence-corrected chi connectivity index (χ0v) is 11.2. The van der Waals surface area contributed by atoms with Crippen LogP contribution >= 0.6 is 0 Å². The molecule has 18 heavy (non-hydrogen) atoms. The fraction of sp³-hybridized carbons (Fsp3) is 0.643. The molecule has 1 fully saturated rings. The minimum Gasteiger partial charge on any atom is -0.459 e. The second-order valence-corrected chi connectivity index (χ2v) is 4.98. The highest BCUT2D eigenvalue weighted by molar-refractivity contribution is 5.92. The topological polar surface area (TPSA) is 45.5 Å². The molecule has 100 valence electrons. The Hall–Kier alpha value is -1.29. The van der Waals surface area contributed by atoms with Crippen molar-refractivity contribution < 1.29 is 9.21 Å². The smallest absolute Gasteiger partial charge is 0.289 e. The minimum absolute atomic E-state index is 0.0213. The van der Waals surface area contributed by atoms with Gasteiger partial charge in [0.05, 0.1) is 6.26 Å². The summed E-state index contributed by atoms with van der Waals surface area (Å²) in [5.74, 6) is 0.509. The van der Waals surface area contributed by atoms with Crippen LogP contribution in [0.15, 0.2) is 16.7 Å². The van der Waals surface area contributed by atoms with Gasteiger partial charge in [-0.1, -0.05) is 6.92 Å². The van der Waals surface area contributed by atoms with E-state index in [1.165, 1.54) is 6.42 Å². The second-order valence-electron chi connectivity index (χ2n) is 4.98. The van der Waals surface area contributed by atoms with E-state index in [0.29, 0.717) is 11.8 Å². The molecule has 1 saturated heterocycles. The van der Waals surface area contributed by atoms with Crippen molar-refractivity contribution >= 4 is 5.91 Å². The van der Waals surface area contributed by atoms with Crippen LogP contribution in [0, 0.1) is 6.92 Å². The fourth-order valence-corrected chi connectivity index (χ4v) is 2.46. The third-order valence-corrected chi connectivity index (χ3v) is 3.44. The summed E-state index contributed by atoms with van der Waals surface area (Å²) >= 11 is 0. The van der Waals surface area contributed by atoms with Crippen LogP contribution < -0.4 is 5.32 Å². The molecule has 1 N–H and O–H groups in total. The van der Waals surface area contributed by atoms with Crippen LogP contribution in [0.1, 0.15) is 42.3 Å². The van der Waals surface area contributed by atoms with E-state index in [4.69, 9.17) is 4.42 Å². The van der Waals surface area contributed by atoms with Gasteiger partial charge in [-0.3, -0.25) is 4.79 Å². The number of furan rings is 1. The van der Waals surface area contributed by atoms with E-state index in [9.17, 15) is 4.79 Å². The lowest BCUT2D eigenvalue weighted by atomic mass is 10.2. The third kappa shape index (κ3) is 2.93. The number of hydrogen-bond acceptors (Lipinski definition) is 3. The maximum atomic E-state index is 12.4. The van der Waals surface area contributed by atoms with Crippen LogP contribution in [-0.2, 0) is 0 Å². The summed E-state index contributed by atoms with van der Waals surface area (Å²) in [5.41, 5.74) is 0.917. The zero-order valence-electron chi connectivity index (χ0n) is 11.2. The highest BCUT2D eigenvalue weighted by Crippen LogP contribution is 2.14. The van der Waals surface area contributed by atoms with Crippen molar-refractivity contribution in [2.45, 2.75) is 39.2 Å². The molecular formula is C14H22N2O2. The Balaban J connectivity index is 2.04. The number of nitrogens with one attached hydrogen (secondary N) is 1. The van der Waals surface area contributed by atoms with Gasteiger partial charge in [-0.15, -0.1) is 0 Å². The van der Waals surface area contributed by atoms with Crippen molar-refractivity contribution in [2.24, 2.45) is 0 Å². The summed E-state index contributed by atoms with van der Waals surface area (Å²) in [5, 5.41) is 3.44. The summed E-state index contributed by atoms with van der Waals surface area (Å²) < 4.78 is 5.31. The molecule has 4 heteroatoms. The number of carbonyl (C=O) groups excluding carboxylic acids is 1. The van der Waals surface area contributed by atoms with E-state index in [-0.39, 0.29) is 5.91 Å². The normalized spacial score (nSPS) is 19.1. The molecule has 4 nitrogen and oxygen atoms in total. The third-order valence-electron chi connectivity index (χ3n) is 3.44. The van der Waals surface area contributed by atoms with Crippen molar-refractivity contribution in [3.05, 3.63) is 23.7 Å². The van der Waals surface area contributed by atoms with Gasteiger partial charge in [-0.05, 0) is 38.8 Å². The number of nitrogens with zero attached hydrogens (tertiary/aromatic N) is 1. The number of aryl methyl sites for hydroxylation is 1.